The maximum Gasteiger partial charge on any atom is 0.337 e. The minimum Gasteiger partial charge on any atom is -0.466 e. The minimum absolute atomic E-state index is 0.0129. The predicted molar refractivity (Wildman–Crippen MR) is 97.9 cm³/mol. The van der Waals surface area contributed by atoms with Crippen molar-refractivity contribution in [2.24, 2.45) is 0 Å². The van der Waals surface area contributed by atoms with Crippen molar-refractivity contribution in [3.8, 4) is 0 Å². The fraction of sp³-hybridized carbons (Fsp3) is 0.353. The van der Waals surface area contributed by atoms with Crippen molar-refractivity contribution in [2.75, 3.05) is 33.2 Å². The third-order valence-corrected chi connectivity index (χ3v) is 4.35. The summed E-state index contributed by atoms with van der Waals surface area (Å²) in [6.07, 6.45) is 0. The van der Waals surface area contributed by atoms with E-state index in [9.17, 15) is 9.59 Å². The van der Waals surface area contributed by atoms with Gasteiger partial charge in [-0.05, 0) is 36.8 Å². The molecule has 1 aromatic rings. The Hall–Kier alpha value is -2.45. The molecule has 1 heterocycles. The number of allylic oxidation sites excluding steroid dienone is 1. The van der Waals surface area contributed by atoms with Crippen molar-refractivity contribution >= 4 is 34.9 Å². The number of hydrogen-bond acceptors (Lipinski definition) is 5. The second kappa shape index (κ2) is 8.09. The molecule has 0 saturated carbocycles. The lowest BCUT2D eigenvalue weighted by atomic mass is 9.95. The van der Waals surface area contributed by atoms with E-state index >= 15 is 0 Å². The van der Waals surface area contributed by atoms with Gasteiger partial charge in [-0.2, -0.15) is 0 Å². The topological polar surface area (TPSA) is 79.9 Å². The molecule has 7 nitrogen and oxygen atoms in total. The van der Waals surface area contributed by atoms with Gasteiger partial charge in [-0.3, -0.25) is 4.79 Å². The van der Waals surface area contributed by atoms with Crippen LogP contribution in [0.5, 0.6) is 0 Å². The van der Waals surface area contributed by atoms with E-state index < -0.39 is 12.0 Å². The van der Waals surface area contributed by atoms with E-state index in [0.717, 1.165) is 11.3 Å². The summed E-state index contributed by atoms with van der Waals surface area (Å²) in [7, 11) is 4.60. The molecule has 1 amide bonds. The number of rotatable bonds is 5. The molecule has 25 heavy (non-hydrogen) atoms. The monoisotopic (exact) mass is 363 g/mol. The fourth-order valence-electron chi connectivity index (χ4n) is 2.55. The van der Waals surface area contributed by atoms with E-state index in [2.05, 4.69) is 10.6 Å². The predicted octanol–water partition coefficient (Wildman–Crippen LogP) is 1.58. The highest BCUT2D eigenvalue weighted by Crippen LogP contribution is 2.31. The Balaban J connectivity index is 2.30. The summed E-state index contributed by atoms with van der Waals surface area (Å²) in [4.78, 5) is 25.5. The lowest BCUT2D eigenvalue weighted by Crippen LogP contribution is -2.46. The largest absolute Gasteiger partial charge is 0.466 e. The first-order valence-electron chi connectivity index (χ1n) is 7.61. The number of nitrogens with one attached hydrogen (secondary N) is 2. The first kappa shape index (κ1) is 18.9. The fourth-order valence-corrected chi connectivity index (χ4v) is 2.80. The van der Waals surface area contributed by atoms with E-state index in [1.54, 1.807) is 24.1 Å². The zero-order valence-electron chi connectivity index (χ0n) is 14.6. The minimum atomic E-state index is -0.417. The lowest BCUT2D eigenvalue weighted by Gasteiger charge is -2.35. The summed E-state index contributed by atoms with van der Waals surface area (Å²) in [6.45, 7) is 1.81. The zero-order valence-corrected chi connectivity index (χ0v) is 15.4. The average molecular weight is 363 g/mol. The molecule has 0 unspecified atom stereocenters. The van der Waals surface area contributed by atoms with Crippen LogP contribution in [0, 0.1) is 0 Å². The van der Waals surface area contributed by atoms with Crippen LogP contribution in [0.2, 0.25) is 0 Å². The van der Waals surface area contributed by atoms with Crippen molar-refractivity contribution in [1.82, 2.24) is 10.2 Å². The molecule has 0 fully saturated rings. The zero-order chi connectivity index (χ0) is 18.6. The number of thiocarbonyl (C=S) groups is 1. The second-order valence-electron chi connectivity index (χ2n) is 5.54. The third-order valence-electron chi connectivity index (χ3n) is 3.96. The van der Waals surface area contributed by atoms with Crippen molar-refractivity contribution in [2.45, 2.75) is 13.0 Å². The van der Waals surface area contributed by atoms with Gasteiger partial charge < -0.3 is 25.0 Å². The Bertz CT molecular complexity index is 715. The number of carbonyl (C=O) groups is 2. The van der Waals surface area contributed by atoms with Gasteiger partial charge in [-0.25, -0.2) is 4.79 Å². The van der Waals surface area contributed by atoms with Gasteiger partial charge >= 0.3 is 5.97 Å². The van der Waals surface area contributed by atoms with Crippen molar-refractivity contribution < 1.29 is 19.1 Å². The van der Waals surface area contributed by atoms with Crippen LogP contribution in [0.15, 0.2) is 35.5 Å². The average Bonchev–Trinajstić information content (AvgIpc) is 2.59. The van der Waals surface area contributed by atoms with Gasteiger partial charge in [0.05, 0.1) is 18.7 Å². The molecule has 1 aliphatic rings. The van der Waals surface area contributed by atoms with Crippen LogP contribution in [-0.4, -0.2) is 49.8 Å². The van der Waals surface area contributed by atoms with E-state index in [-0.39, 0.29) is 12.5 Å². The molecular weight excluding hydrogens is 342 g/mol. The molecule has 0 aromatic heterocycles. The smallest absolute Gasteiger partial charge is 0.337 e. The number of nitrogens with zero attached hydrogens (tertiary/aromatic N) is 1. The van der Waals surface area contributed by atoms with Crippen LogP contribution >= 0.6 is 12.2 Å². The maximum absolute atomic E-state index is 12.2. The summed E-state index contributed by atoms with van der Waals surface area (Å²) in [5.74, 6) is -0.651. The molecule has 8 heteroatoms. The number of benzene rings is 1. The number of esters is 1. The lowest BCUT2D eigenvalue weighted by molar-refractivity contribution is -0.136. The van der Waals surface area contributed by atoms with Crippen molar-refractivity contribution in [1.29, 1.82) is 0 Å². The highest BCUT2D eigenvalue weighted by Gasteiger charge is 2.33. The Morgan fingerprint density at radius 2 is 1.92 bits per heavy atom. The van der Waals surface area contributed by atoms with Crippen LogP contribution < -0.4 is 10.6 Å². The summed E-state index contributed by atoms with van der Waals surface area (Å²) in [5, 5.41) is 6.39. The van der Waals surface area contributed by atoms with E-state index in [1.807, 2.05) is 19.1 Å². The summed E-state index contributed by atoms with van der Waals surface area (Å²) >= 11 is 5.33. The van der Waals surface area contributed by atoms with E-state index in [0.29, 0.717) is 16.4 Å². The molecule has 1 aromatic carbocycles. The van der Waals surface area contributed by atoms with Crippen LogP contribution in [-0.2, 0) is 19.1 Å². The first-order chi connectivity index (χ1) is 11.9. The molecule has 134 valence electrons. The SMILES string of the molecule is COCC(=O)Nc1ccc([C@@H]2NC(=S)N(C)C(C)=C2C(=O)OC)cc1. The standard InChI is InChI=1S/C17H21N3O4S/c1-10-14(16(22)24-4)15(19-17(25)20(10)2)11-5-7-12(8-6-11)18-13(21)9-23-3/h5-8,15H,9H2,1-4H3,(H,18,21)(H,19,25)/t15-/m0/s1. The first-order valence-corrected chi connectivity index (χ1v) is 8.02. The summed E-state index contributed by atoms with van der Waals surface area (Å²) < 4.78 is 9.70. The van der Waals surface area contributed by atoms with Gasteiger partial charge in [0.25, 0.3) is 0 Å². The van der Waals surface area contributed by atoms with Crippen molar-refractivity contribution in [3.63, 3.8) is 0 Å². The second-order valence-corrected chi connectivity index (χ2v) is 5.92. The molecule has 0 radical (unpaired) electrons. The molecule has 2 N–H and O–H groups in total. The molecule has 1 aliphatic heterocycles. The van der Waals surface area contributed by atoms with E-state index in [1.165, 1.54) is 14.2 Å². The van der Waals surface area contributed by atoms with Crippen LogP contribution in [0.3, 0.4) is 0 Å². The molecule has 0 spiro atoms. The normalized spacial score (nSPS) is 17.2. The summed E-state index contributed by atoms with van der Waals surface area (Å²) in [5.41, 5.74) is 2.70. The Morgan fingerprint density at radius 1 is 1.28 bits per heavy atom. The number of anilines is 1. The molecule has 0 saturated heterocycles. The number of ether oxygens (including phenoxy) is 2. The van der Waals surface area contributed by atoms with Crippen LogP contribution in [0.4, 0.5) is 5.69 Å². The van der Waals surface area contributed by atoms with Crippen molar-refractivity contribution in [3.05, 3.63) is 41.1 Å². The van der Waals surface area contributed by atoms with Gasteiger partial charge in [-0.15, -0.1) is 0 Å². The maximum atomic E-state index is 12.2. The quantitative estimate of drug-likeness (QED) is 0.607. The van der Waals surface area contributed by atoms with Gasteiger partial charge in [0.15, 0.2) is 5.11 Å². The van der Waals surface area contributed by atoms with Gasteiger partial charge in [0.1, 0.15) is 6.61 Å². The molecule has 2 rings (SSSR count). The molecule has 0 bridgehead atoms. The van der Waals surface area contributed by atoms with E-state index in [4.69, 9.17) is 21.7 Å². The Labute approximate surface area is 152 Å². The van der Waals surface area contributed by atoms with Gasteiger partial charge in [0, 0.05) is 25.5 Å². The van der Waals surface area contributed by atoms with Gasteiger partial charge in [0.2, 0.25) is 5.91 Å². The van der Waals surface area contributed by atoms with Crippen LogP contribution in [0.25, 0.3) is 0 Å². The van der Waals surface area contributed by atoms with Gasteiger partial charge in [-0.1, -0.05) is 12.1 Å². The number of methoxy groups -OCH3 is 2. The highest BCUT2D eigenvalue weighted by molar-refractivity contribution is 7.80. The number of carbonyl (C=O) groups excluding carboxylic acids is 2. The Morgan fingerprint density at radius 3 is 2.48 bits per heavy atom. The van der Waals surface area contributed by atoms with Crippen LogP contribution in [0.1, 0.15) is 18.5 Å². The number of amides is 1. The summed E-state index contributed by atoms with van der Waals surface area (Å²) in [6, 6.07) is 6.75. The molecule has 0 aliphatic carbocycles. The third kappa shape index (κ3) is 4.15. The Kier molecular flexibility index (Phi) is 6.11. The molecular formula is C17H21N3O4S. The number of hydrogen-bond donors (Lipinski definition) is 2. The molecule has 1 atom stereocenters. The highest BCUT2D eigenvalue weighted by atomic mass is 32.1.